The first kappa shape index (κ1) is 16.8. The highest BCUT2D eigenvalue weighted by Gasteiger charge is 2.33. The van der Waals surface area contributed by atoms with Crippen LogP contribution in [-0.4, -0.2) is 35.8 Å². The number of nitrogens with zero attached hydrogens (tertiary/aromatic N) is 1. The van der Waals surface area contributed by atoms with Crippen LogP contribution in [0.1, 0.15) is 71.1 Å². The lowest BCUT2D eigenvalue weighted by Crippen LogP contribution is -2.44. The van der Waals surface area contributed by atoms with Crippen molar-refractivity contribution in [3.8, 4) is 0 Å². The van der Waals surface area contributed by atoms with Gasteiger partial charge in [0.1, 0.15) is 0 Å². The lowest BCUT2D eigenvalue weighted by Gasteiger charge is -2.35. The first-order valence-corrected chi connectivity index (χ1v) is 9.72. The Balaban J connectivity index is 1.42. The second-order valence-electron chi connectivity index (χ2n) is 8.05. The van der Waals surface area contributed by atoms with Gasteiger partial charge in [0, 0.05) is 31.0 Å². The summed E-state index contributed by atoms with van der Waals surface area (Å²) < 4.78 is 0. The van der Waals surface area contributed by atoms with Crippen molar-refractivity contribution in [1.29, 1.82) is 0 Å². The number of carbonyl (C=O) groups is 2. The van der Waals surface area contributed by atoms with Crippen molar-refractivity contribution in [2.24, 2.45) is 17.8 Å². The zero-order valence-electron chi connectivity index (χ0n) is 14.6. The van der Waals surface area contributed by atoms with Crippen molar-refractivity contribution in [3.05, 3.63) is 0 Å². The second-order valence-corrected chi connectivity index (χ2v) is 8.05. The van der Waals surface area contributed by atoms with Crippen LogP contribution in [0.3, 0.4) is 0 Å². The zero-order chi connectivity index (χ0) is 16.2. The molecule has 1 N–H and O–H groups in total. The number of amides is 2. The fourth-order valence-electron chi connectivity index (χ4n) is 4.48. The highest BCUT2D eigenvalue weighted by Crippen LogP contribution is 2.32. The molecule has 0 aromatic carbocycles. The average Bonchev–Trinajstić information content (AvgIpc) is 3.08. The molecule has 3 aliphatic rings. The third-order valence-electron chi connectivity index (χ3n) is 6.24. The molecule has 2 aliphatic carbocycles. The summed E-state index contributed by atoms with van der Waals surface area (Å²) >= 11 is 0. The molecular formula is C19H32N2O2. The Morgan fingerprint density at radius 3 is 2.00 bits per heavy atom. The Morgan fingerprint density at radius 2 is 1.39 bits per heavy atom. The normalized spacial score (nSPS) is 30.4. The minimum Gasteiger partial charge on any atom is -0.353 e. The third-order valence-corrected chi connectivity index (χ3v) is 6.24. The molecule has 23 heavy (non-hydrogen) atoms. The maximum absolute atomic E-state index is 12.6. The van der Waals surface area contributed by atoms with Crippen LogP contribution in [0.25, 0.3) is 0 Å². The number of likely N-dealkylation sites (tertiary alicyclic amines) is 1. The maximum Gasteiger partial charge on any atom is 0.225 e. The van der Waals surface area contributed by atoms with Crippen LogP contribution < -0.4 is 5.32 Å². The van der Waals surface area contributed by atoms with Crippen molar-refractivity contribution >= 4 is 11.8 Å². The fraction of sp³-hybridized carbons (Fsp3) is 0.895. The van der Waals surface area contributed by atoms with Crippen LogP contribution in [0.15, 0.2) is 0 Å². The molecule has 0 spiro atoms. The van der Waals surface area contributed by atoms with Crippen LogP contribution in [0.4, 0.5) is 0 Å². The van der Waals surface area contributed by atoms with E-state index >= 15 is 0 Å². The summed E-state index contributed by atoms with van der Waals surface area (Å²) in [4.78, 5) is 27.1. The van der Waals surface area contributed by atoms with Gasteiger partial charge in [0.2, 0.25) is 11.8 Å². The summed E-state index contributed by atoms with van der Waals surface area (Å²) in [6.45, 7) is 4.14. The summed E-state index contributed by atoms with van der Waals surface area (Å²) in [5.74, 6) is 1.66. The highest BCUT2D eigenvalue weighted by molar-refractivity contribution is 5.81. The van der Waals surface area contributed by atoms with E-state index in [0.29, 0.717) is 11.9 Å². The number of rotatable bonds is 3. The Bertz CT molecular complexity index is 415. The summed E-state index contributed by atoms with van der Waals surface area (Å²) in [5.41, 5.74) is 0. The molecule has 1 aliphatic heterocycles. The van der Waals surface area contributed by atoms with Crippen molar-refractivity contribution < 1.29 is 9.59 Å². The molecule has 2 amide bonds. The predicted octanol–water partition coefficient (Wildman–Crippen LogP) is 3.11. The monoisotopic (exact) mass is 320 g/mol. The van der Waals surface area contributed by atoms with Crippen LogP contribution in [0.5, 0.6) is 0 Å². The molecule has 0 unspecified atom stereocenters. The number of hydrogen-bond acceptors (Lipinski definition) is 2. The van der Waals surface area contributed by atoms with Gasteiger partial charge in [-0.3, -0.25) is 9.59 Å². The molecule has 3 fully saturated rings. The smallest absolute Gasteiger partial charge is 0.225 e. The molecule has 4 heteroatoms. The van der Waals surface area contributed by atoms with Crippen LogP contribution in [0, 0.1) is 17.8 Å². The summed E-state index contributed by atoms with van der Waals surface area (Å²) in [7, 11) is 0. The van der Waals surface area contributed by atoms with Crippen LogP contribution in [-0.2, 0) is 9.59 Å². The van der Waals surface area contributed by atoms with Gasteiger partial charge < -0.3 is 10.2 Å². The van der Waals surface area contributed by atoms with E-state index in [0.717, 1.165) is 70.4 Å². The lowest BCUT2D eigenvalue weighted by atomic mass is 9.80. The largest absolute Gasteiger partial charge is 0.353 e. The topological polar surface area (TPSA) is 49.4 Å². The van der Waals surface area contributed by atoms with Crippen molar-refractivity contribution in [2.75, 3.05) is 13.1 Å². The molecule has 0 aromatic rings. The molecule has 0 atom stereocenters. The van der Waals surface area contributed by atoms with Gasteiger partial charge in [-0.25, -0.2) is 0 Å². The van der Waals surface area contributed by atoms with Gasteiger partial charge in [-0.1, -0.05) is 19.8 Å². The van der Waals surface area contributed by atoms with Gasteiger partial charge >= 0.3 is 0 Å². The molecule has 1 saturated heterocycles. The Kier molecular flexibility index (Phi) is 5.60. The van der Waals surface area contributed by atoms with Gasteiger partial charge in [0.25, 0.3) is 0 Å². The first-order valence-electron chi connectivity index (χ1n) is 9.72. The minimum atomic E-state index is 0.140. The lowest BCUT2D eigenvalue weighted by molar-refractivity contribution is -0.139. The first-order chi connectivity index (χ1) is 11.1. The molecule has 1 heterocycles. The summed E-state index contributed by atoms with van der Waals surface area (Å²) in [6.07, 6.45) is 10.6. The molecule has 0 bridgehead atoms. The molecule has 3 rings (SSSR count). The van der Waals surface area contributed by atoms with E-state index in [1.54, 1.807) is 0 Å². The summed E-state index contributed by atoms with van der Waals surface area (Å²) in [5, 5.41) is 3.23. The highest BCUT2D eigenvalue weighted by atomic mass is 16.2. The van der Waals surface area contributed by atoms with Gasteiger partial charge in [-0.2, -0.15) is 0 Å². The van der Waals surface area contributed by atoms with E-state index in [2.05, 4.69) is 17.1 Å². The Labute approximate surface area is 140 Å². The van der Waals surface area contributed by atoms with E-state index < -0.39 is 0 Å². The number of piperidine rings is 1. The molecule has 2 saturated carbocycles. The van der Waals surface area contributed by atoms with E-state index in [1.807, 2.05) is 0 Å². The van der Waals surface area contributed by atoms with Crippen molar-refractivity contribution in [3.63, 3.8) is 0 Å². The average molecular weight is 320 g/mol. The fourth-order valence-corrected chi connectivity index (χ4v) is 4.48. The van der Waals surface area contributed by atoms with E-state index in [1.165, 1.54) is 12.8 Å². The Hall–Kier alpha value is -1.06. The van der Waals surface area contributed by atoms with Crippen molar-refractivity contribution in [2.45, 2.75) is 77.2 Å². The van der Waals surface area contributed by atoms with E-state index in [-0.39, 0.29) is 17.7 Å². The Morgan fingerprint density at radius 1 is 0.826 bits per heavy atom. The van der Waals surface area contributed by atoms with Gasteiger partial charge in [0.05, 0.1) is 0 Å². The maximum atomic E-state index is 12.6. The zero-order valence-corrected chi connectivity index (χ0v) is 14.6. The van der Waals surface area contributed by atoms with Crippen LogP contribution >= 0.6 is 0 Å². The van der Waals surface area contributed by atoms with E-state index in [9.17, 15) is 9.59 Å². The number of carbonyl (C=O) groups excluding carboxylic acids is 2. The quantitative estimate of drug-likeness (QED) is 0.868. The SMILES string of the molecule is CC1CCN(C(=O)C2CCC(C(=O)NC3CCCC3)CC2)CC1. The minimum absolute atomic E-state index is 0.140. The number of hydrogen-bond donors (Lipinski definition) is 1. The van der Waals surface area contributed by atoms with Crippen molar-refractivity contribution in [1.82, 2.24) is 10.2 Å². The van der Waals surface area contributed by atoms with Gasteiger partial charge in [0.15, 0.2) is 0 Å². The summed E-state index contributed by atoms with van der Waals surface area (Å²) in [6, 6.07) is 0.414. The second kappa shape index (κ2) is 7.67. The molecule has 130 valence electrons. The standard InChI is InChI=1S/C19H32N2O2/c1-14-10-12-21(13-11-14)19(23)16-8-6-15(7-9-16)18(22)20-17-4-2-3-5-17/h14-17H,2-13H2,1H3,(H,20,22). The molecule has 4 nitrogen and oxygen atoms in total. The molecular weight excluding hydrogens is 288 g/mol. The van der Waals surface area contributed by atoms with Gasteiger partial charge in [-0.05, 0) is 57.3 Å². The van der Waals surface area contributed by atoms with Gasteiger partial charge in [-0.15, -0.1) is 0 Å². The predicted molar refractivity (Wildman–Crippen MR) is 90.8 cm³/mol. The molecule has 0 aromatic heterocycles. The molecule has 0 radical (unpaired) electrons. The van der Waals surface area contributed by atoms with E-state index in [4.69, 9.17) is 0 Å². The third kappa shape index (κ3) is 4.27. The van der Waals surface area contributed by atoms with Crippen LogP contribution in [0.2, 0.25) is 0 Å². The number of nitrogens with one attached hydrogen (secondary N) is 1.